The van der Waals surface area contributed by atoms with Crippen molar-refractivity contribution < 1.29 is 14.4 Å². The van der Waals surface area contributed by atoms with Crippen LogP contribution in [0.2, 0.25) is 0 Å². The number of nitrogens with one attached hydrogen (secondary N) is 1. The summed E-state index contributed by atoms with van der Waals surface area (Å²) in [6.45, 7) is 0. The number of amides is 2. The molecule has 0 saturated carbocycles. The Morgan fingerprint density at radius 1 is 1.00 bits per heavy atom. The SMILES string of the molecule is O=C1NC(=O)/C(=[C]2\c3ccc[c]4c3C=[C](C(=O)c3ccccc3)[In]24)S1. The van der Waals surface area contributed by atoms with Crippen molar-refractivity contribution in [1.82, 2.24) is 5.32 Å². The maximum atomic E-state index is 13.0. The Hall–Kier alpha value is -2.05. The number of allylic oxidation sites excluding steroid dienone is 1. The average Bonchev–Trinajstić information content (AvgIpc) is 3.21. The van der Waals surface area contributed by atoms with Crippen molar-refractivity contribution in [2.24, 2.45) is 0 Å². The van der Waals surface area contributed by atoms with Gasteiger partial charge in [0.15, 0.2) is 0 Å². The van der Waals surface area contributed by atoms with Crippen molar-refractivity contribution in [2.45, 2.75) is 0 Å². The van der Waals surface area contributed by atoms with Gasteiger partial charge in [-0.1, -0.05) is 0 Å². The molecule has 25 heavy (non-hydrogen) atoms. The molecule has 6 heteroatoms. The molecule has 118 valence electrons. The first-order valence-electron chi connectivity index (χ1n) is 7.87. The van der Waals surface area contributed by atoms with Crippen LogP contribution in [0, 0.1) is 0 Å². The minimum absolute atomic E-state index is 0.0519. The van der Waals surface area contributed by atoms with Gasteiger partial charge in [0, 0.05) is 0 Å². The zero-order chi connectivity index (χ0) is 17.1. The molecule has 2 aromatic rings. The quantitative estimate of drug-likeness (QED) is 0.568. The van der Waals surface area contributed by atoms with Crippen LogP contribution in [-0.2, 0) is 4.79 Å². The molecule has 4 nitrogen and oxygen atoms in total. The van der Waals surface area contributed by atoms with E-state index in [-0.39, 0.29) is 16.9 Å². The van der Waals surface area contributed by atoms with Gasteiger partial charge in [-0.2, -0.15) is 0 Å². The van der Waals surface area contributed by atoms with Crippen molar-refractivity contribution in [3.63, 3.8) is 0 Å². The molecule has 5 rings (SSSR count). The number of hydrogen-bond donors (Lipinski definition) is 1. The van der Waals surface area contributed by atoms with Gasteiger partial charge in [-0.3, -0.25) is 0 Å². The average molecular weight is 447 g/mol. The number of hydrogen-bond acceptors (Lipinski definition) is 4. The van der Waals surface area contributed by atoms with E-state index in [1.54, 1.807) is 0 Å². The third-order valence-corrected chi connectivity index (χ3v) is 15.9. The molecule has 3 heterocycles. The molecule has 0 radical (unpaired) electrons. The molecule has 3 aliphatic heterocycles. The van der Waals surface area contributed by atoms with Gasteiger partial charge in [0.1, 0.15) is 0 Å². The molecular formula is C19H10InNO3S. The maximum absolute atomic E-state index is 13.0. The Bertz CT molecular complexity index is 1060. The molecular weight excluding hydrogens is 437 g/mol. The molecule has 3 aliphatic rings. The van der Waals surface area contributed by atoms with Crippen LogP contribution in [0.15, 0.2) is 56.8 Å². The molecule has 0 spiro atoms. The molecule has 0 unspecified atom stereocenters. The van der Waals surface area contributed by atoms with Crippen molar-refractivity contribution >= 4 is 62.9 Å². The van der Waals surface area contributed by atoms with E-state index in [0.29, 0.717) is 10.5 Å². The fourth-order valence-corrected chi connectivity index (χ4v) is 15.9. The molecule has 1 N–H and O–H groups in total. The fourth-order valence-electron chi connectivity index (χ4n) is 3.80. The Balaban J connectivity index is 1.68. The van der Waals surface area contributed by atoms with Gasteiger partial charge in [-0.25, -0.2) is 0 Å². The third kappa shape index (κ3) is 2.14. The number of Topliss-reactive ketones (excluding diaryl/α,β-unsaturated/α-hetero) is 1. The molecule has 0 aromatic heterocycles. The molecule has 0 atom stereocenters. The van der Waals surface area contributed by atoms with Crippen LogP contribution in [0.25, 0.3) is 9.41 Å². The number of carbonyl (C=O) groups excluding carboxylic acids is 3. The van der Waals surface area contributed by atoms with Gasteiger partial charge >= 0.3 is 156 Å². The van der Waals surface area contributed by atoms with E-state index in [4.69, 9.17) is 0 Å². The Morgan fingerprint density at radius 2 is 1.80 bits per heavy atom. The Kier molecular flexibility index (Phi) is 3.33. The second-order valence-corrected chi connectivity index (χ2v) is 14.8. The molecule has 0 aliphatic carbocycles. The van der Waals surface area contributed by atoms with Gasteiger partial charge in [0.05, 0.1) is 0 Å². The summed E-state index contributed by atoms with van der Waals surface area (Å²) in [5.74, 6) is -0.274. The van der Waals surface area contributed by atoms with Gasteiger partial charge < -0.3 is 0 Å². The standard InChI is InChI=1S/C19H10NO3S.In/c21-16(14-7-2-1-3-8-14)11-10-13-6-4-5-9-15(13)12-17-18(22)20-19(23)24-17;/h1-5,7-10H,(H,20,22,23);. The number of ketones is 1. The topological polar surface area (TPSA) is 63.2 Å². The Morgan fingerprint density at radius 3 is 2.48 bits per heavy atom. The molecule has 1 fully saturated rings. The predicted octanol–water partition coefficient (Wildman–Crippen LogP) is 2.45. The van der Waals surface area contributed by atoms with E-state index in [9.17, 15) is 14.4 Å². The van der Waals surface area contributed by atoms with E-state index in [1.807, 2.05) is 48.5 Å². The summed E-state index contributed by atoms with van der Waals surface area (Å²) in [6.07, 6.45) is 2.02. The normalized spacial score (nSPS) is 20.2. The fraction of sp³-hybridized carbons (Fsp3) is 0. The van der Waals surface area contributed by atoms with Crippen LogP contribution in [0.3, 0.4) is 0 Å². The van der Waals surface area contributed by atoms with Crippen LogP contribution in [0.1, 0.15) is 21.5 Å². The molecule has 2 aromatic carbocycles. The molecule has 2 amide bonds. The second kappa shape index (κ2) is 5.47. The van der Waals surface area contributed by atoms with Crippen LogP contribution in [-0.4, -0.2) is 38.4 Å². The summed E-state index contributed by atoms with van der Waals surface area (Å²) >= 11 is -1.90. The zero-order valence-corrected chi connectivity index (χ0v) is 17.0. The van der Waals surface area contributed by atoms with Crippen LogP contribution in [0.4, 0.5) is 4.79 Å². The third-order valence-electron chi connectivity index (χ3n) is 4.80. The van der Waals surface area contributed by atoms with Crippen LogP contribution >= 0.6 is 11.8 Å². The number of thioether (sulfide) groups is 1. The summed E-state index contributed by atoms with van der Waals surface area (Å²) in [4.78, 5) is 37.4. The monoisotopic (exact) mass is 447 g/mol. The van der Waals surface area contributed by atoms with Crippen molar-refractivity contribution in [3.8, 4) is 0 Å². The first-order chi connectivity index (χ1) is 12.1. The number of carbonyl (C=O) groups is 3. The first-order valence-corrected chi connectivity index (χ1v) is 13.6. The van der Waals surface area contributed by atoms with Crippen molar-refractivity contribution in [1.29, 1.82) is 0 Å². The Labute approximate surface area is 155 Å². The van der Waals surface area contributed by atoms with Crippen LogP contribution < -0.4 is 8.64 Å². The van der Waals surface area contributed by atoms with Gasteiger partial charge in [-0.05, 0) is 0 Å². The van der Waals surface area contributed by atoms with E-state index in [1.165, 1.54) is 3.32 Å². The summed E-state index contributed by atoms with van der Waals surface area (Å²) < 4.78 is 3.11. The number of rotatable bonds is 2. The van der Waals surface area contributed by atoms with E-state index in [0.717, 1.165) is 29.5 Å². The summed E-state index contributed by atoms with van der Waals surface area (Å²) in [7, 11) is 0. The van der Waals surface area contributed by atoms with Gasteiger partial charge in [-0.15, -0.1) is 0 Å². The molecule has 4 bridgehead atoms. The first kappa shape index (κ1) is 15.2. The van der Waals surface area contributed by atoms with Crippen molar-refractivity contribution in [2.75, 3.05) is 0 Å². The second-order valence-electron chi connectivity index (χ2n) is 6.12. The minimum atomic E-state index is -2.87. The van der Waals surface area contributed by atoms with E-state index in [2.05, 4.69) is 11.4 Å². The number of benzene rings is 2. The summed E-state index contributed by atoms with van der Waals surface area (Å²) in [6, 6.07) is 15.3. The zero-order valence-electron chi connectivity index (χ0n) is 12.9. The number of imide groups is 1. The van der Waals surface area contributed by atoms with E-state index < -0.39 is 21.4 Å². The van der Waals surface area contributed by atoms with Gasteiger partial charge in [0.25, 0.3) is 0 Å². The van der Waals surface area contributed by atoms with Crippen molar-refractivity contribution in [3.05, 3.63) is 73.5 Å². The van der Waals surface area contributed by atoms with E-state index >= 15 is 0 Å². The van der Waals surface area contributed by atoms with Crippen LogP contribution in [0.5, 0.6) is 0 Å². The van der Waals surface area contributed by atoms with Gasteiger partial charge in [0.2, 0.25) is 0 Å². The predicted molar refractivity (Wildman–Crippen MR) is 98.6 cm³/mol. The summed E-state index contributed by atoms with van der Waals surface area (Å²) in [5, 5.41) is 2.02. The summed E-state index contributed by atoms with van der Waals surface area (Å²) in [5.41, 5.74) is 2.80. The molecule has 1 saturated heterocycles.